The summed E-state index contributed by atoms with van der Waals surface area (Å²) in [5.41, 5.74) is 0.732. The van der Waals surface area contributed by atoms with Crippen molar-refractivity contribution in [3.8, 4) is 0 Å². The fourth-order valence-corrected chi connectivity index (χ4v) is 4.31. The maximum Gasteiger partial charge on any atom is 0.334 e. The number of carboxylic acids is 1. The minimum atomic E-state index is -0.949. The first-order chi connectivity index (χ1) is 15.4. The lowest BCUT2D eigenvalue weighted by Crippen LogP contribution is -2.21. The van der Waals surface area contributed by atoms with Gasteiger partial charge in [-0.15, -0.1) is 0 Å². The van der Waals surface area contributed by atoms with Gasteiger partial charge in [0.05, 0.1) is 6.61 Å². The van der Waals surface area contributed by atoms with Gasteiger partial charge in [0.25, 0.3) is 0 Å². The Hall–Kier alpha value is -1.32. The first-order valence-electron chi connectivity index (χ1n) is 13.5. The lowest BCUT2D eigenvalue weighted by Gasteiger charge is -2.22. The number of carbonyl (C=O) groups excluding carboxylic acids is 1. The Balaban J connectivity index is 5.79. The summed E-state index contributed by atoms with van der Waals surface area (Å²) in [5, 5.41) is 10.1. The molecule has 4 heteroatoms. The van der Waals surface area contributed by atoms with Gasteiger partial charge in [-0.1, -0.05) is 112 Å². The van der Waals surface area contributed by atoms with E-state index in [9.17, 15) is 14.7 Å². The van der Waals surface area contributed by atoms with Gasteiger partial charge in [-0.2, -0.15) is 0 Å². The molecule has 3 atom stereocenters. The van der Waals surface area contributed by atoms with Crippen LogP contribution in [0.4, 0.5) is 0 Å². The molecule has 1 N–H and O–H groups in total. The molecule has 0 radical (unpaired) electrons. The first kappa shape index (κ1) is 30.7. The number of aliphatic carboxylic acids is 1. The van der Waals surface area contributed by atoms with E-state index >= 15 is 0 Å². The molecule has 3 unspecified atom stereocenters. The molecule has 0 fully saturated rings. The maximum absolute atomic E-state index is 13.2. The molecule has 0 spiro atoms. The SMILES string of the molecule is CCCCC(CC)COC(=O)/C(CC(CC)CCCC)=C(/CC(CC)CCCC)C(=O)O. The molecule has 32 heavy (non-hydrogen) atoms. The standard InChI is InChI=1S/C28H52O4/c1-7-13-16-22(10-4)19-25(27(29)30)26(20-23(11-5)17-14-8-2)28(31)32-21-24(12-6)18-15-9-3/h22-24H,7-21H2,1-6H3,(H,29,30)/b26-25-. The molecule has 188 valence electrons. The Kier molecular flexibility index (Phi) is 18.4. The summed E-state index contributed by atoms with van der Waals surface area (Å²) in [7, 11) is 0. The first-order valence-corrected chi connectivity index (χ1v) is 13.5. The lowest BCUT2D eigenvalue weighted by atomic mass is 9.85. The molecule has 0 heterocycles. The second-order valence-electron chi connectivity index (χ2n) is 9.52. The zero-order valence-corrected chi connectivity index (χ0v) is 22.0. The van der Waals surface area contributed by atoms with Crippen LogP contribution in [0.15, 0.2) is 11.1 Å². The van der Waals surface area contributed by atoms with Gasteiger partial charge in [-0.25, -0.2) is 9.59 Å². The molecular formula is C28H52O4. The van der Waals surface area contributed by atoms with Crippen LogP contribution in [-0.2, 0) is 14.3 Å². The summed E-state index contributed by atoms with van der Waals surface area (Å²) >= 11 is 0. The molecule has 0 bridgehead atoms. The number of carbonyl (C=O) groups is 2. The summed E-state index contributed by atoms with van der Waals surface area (Å²) in [5.74, 6) is -0.367. The molecule has 0 aromatic rings. The van der Waals surface area contributed by atoms with E-state index in [1.807, 2.05) is 0 Å². The van der Waals surface area contributed by atoms with Crippen LogP contribution in [0.5, 0.6) is 0 Å². The second kappa shape index (κ2) is 19.2. The Labute approximate surface area is 198 Å². The predicted molar refractivity (Wildman–Crippen MR) is 135 cm³/mol. The van der Waals surface area contributed by atoms with E-state index in [0.717, 1.165) is 77.0 Å². The number of carboxylic acid groups (broad SMARTS) is 1. The van der Waals surface area contributed by atoms with Crippen LogP contribution < -0.4 is 0 Å². The molecular weight excluding hydrogens is 400 g/mol. The molecule has 0 rings (SSSR count). The van der Waals surface area contributed by atoms with Crippen molar-refractivity contribution in [2.75, 3.05) is 6.61 Å². The molecule has 0 amide bonds. The lowest BCUT2D eigenvalue weighted by molar-refractivity contribution is -0.142. The van der Waals surface area contributed by atoms with E-state index in [0.29, 0.717) is 48.3 Å². The molecule has 0 saturated heterocycles. The Morgan fingerprint density at radius 2 is 1.06 bits per heavy atom. The fourth-order valence-electron chi connectivity index (χ4n) is 4.31. The van der Waals surface area contributed by atoms with Gasteiger partial charge in [0.2, 0.25) is 0 Å². The fraction of sp³-hybridized carbons (Fsp3) is 0.857. The van der Waals surface area contributed by atoms with Crippen LogP contribution in [-0.4, -0.2) is 23.7 Å². The second-order valence-corrected chi connectivity index (χ2v) is 9.52. The minimum absolute atomic E-state index is 0.299. The van der Waals surface area contributed by atoms with Crippen molar-refractivity contribution in [3.63, 3.8) is 0 Å². The van der Waals surface area contributed by atoms with Crippen LogP contribution in [0, 0.1) is 17.8 Å². The van der Waals surface area contributed by atoms with E-state index in [1.165, 1.54) is 0 Å². The van der Waals surface area contributed by atoms with Crippen molar-refractivity contribution in [2.45, 2.75) is 131 Å². The van der Waals surface area contributed by atoms with Gasteiger partial charge in [0, 0.05) is 11.1 Å². The summed E-state index contributed by atoms with van der Waals surface area (Å²) in [6, 6.07) is 0. The van der Waals surface area contributed by atoms with Gasteiger partial charge in [0.15, 0.2) is 0 Å². The summed E-state index contributed by atoms with van der Waals surface area (Å²) in [6.07, 6.45) is 13.6. The zero-order chi connectivity index (χ0) is 24.4. The molecule has 0 aliphatic carbocycles. The van der Waals surface area contributed by atoms with Crippen LogP contribution in [0.25, 0.3) is 0 Å². The smallest absolute Gasteiger partial charge is 0.334 e. The predicted octanol–water partition coefficient (Wildman–Crippen LogP) is 8.34. The number of esters is 1. The van der Waals surface area contributed by atoms with Gasteiger partial charge in [-0.05, 0) is 37.0 Å². The Bertz CT molecular complexity index is 538. The average Bonchev–Trinajstić information content (AvgIpc) is 2.79. The topological polar surface area (TPSA) is 63.6 Å². The molecule has 0 aromatic carbocycles. The summed E-state index contributed by atoms with van der Waals surface area (Å²) < 4.78 is 5.77. The van der Waals surface area contributed by atoms with E-state index in [-0.39, 0.29) is 0 Å². The highest BCUT2D eigenvalue weighted by atomic mass is 16.5. The van der Waals surface area contributed by atoms with E-state index in [2.05, 4.69) is 41.5 Å². The molecule has 0 saturated carbocycles. The highest BCUT2D eigenvalue weighted by Gasteiger charge is 2.27. The molecule has 0 aliphatic rings. The van der Waals surface area contributed by atoms with Crippen molar-refractivity contribution in [1.29, 1.82) is 0 Å². The van der Waals surface area contributed by atoms with Crippen LogP contribution in [0.1, 0.15) is 131 Å². The van der Waals surface area contributed by atoms with Gasteiger partial charge in [0.1, 0.15) is 0 Å². The van der Waals surface area contributed by atoms with E-state index < -0.39 is 11.9 Å². The van der Waals surface area contributed by atoms with Crippen molar-refractivity contribution < 1.29 is 19.4 Å². The van der Waals surface area contributed by atoms with E-state index in [4.69, 9.17) is 4.74 Å². The van der Waals surface area contributed by atoms with Crippen molar-refractivity contribution in [2.24, 2.45) is 17.8 Å². The number of unbranched alkanes of at least 4 members (excludes halogenated alkanes) is 3. The van der Waals surface area contributed by atoms with Gasteiger partial charge >= 0.3 is 11.9 Å². The van der Waals surface area contributed by atoms with Crippen molar-refractivity contribution in [3.05, 3.63) is 11.1 Å². The highest BCUT2D eigenvalue weighted by molar-refractivity contribution is 5.99. The minimum Gasteiger partial charge on any atom is -0.478 e. The monoisotopic (exact) mass is 452 g/mol. The average molecular weight is 453 g/mol. The molecule has 0 aliphatic heterocycles. The van der Waals surface area contributed by atoms with Crippen LogP contribution in [0.3, 0.4) is 0 Å². The Morgan fingerprint density at radius 1 is 0.656 bits per heavy atom. The third kappa shape index (κ3) is 12.6. The summed E-state index contributed by atoms with van der Waals surface area (Å²) in [4.78, 5) is 25.6. The largest absolute Gasteiger partial charge is 0.478 e. The molecule has 0 aromatic heterocycles. The third-order valence-electron chi connectivity index (χ3n) is 6.93. The highest BCUT2D eigenvalue weighted by Crippen LogP contribution is 2.30. The maximum atomic E-state index is 13.2. The zero-order valence-electron chi connectivity index (χ0n) is 22.0. The quantitative estimate of drug-likeness (QED) is 0.149. The Morgan fingerprint density at radius 3 is 1.44 bits per heavy atom. The van der Waals surface area contributed by atoms with Crippen molar-refractivity contribution >= 4 is 11.9 Å². The van der Waals surface area contributed by atoms with Gasteiger partial charge < -0.3 is 9.84 Å². The van der Waals surface area contributed by atoms with Crippen molar-refractivity contribution in [1.82, 2.24) is 0 Å². The number of hydrogen-bond acceptors (Lipinski definition) is 3. The normalized spacial score (nSPS) is 15.1. The number of hydrogen-bond donors (Lipinski definition) is 1. The van der Waals surface area contributed by atoms with E-state index in [1.54, 1.807) is 0 Å². The van der Waals surface area contributed by atoms with Crippen LogP contribution >= 0.6 is 0 Å². The van der Waals surface area contributed by atoms with Gasteiger partial charge in [-0.3, -0.25) is 0 Å². The van der Waals surface area contributed by atoms with Crippen LogP contribution in [0.2, 0.25) is 0 Å². The summed E-state index contributed by atoms with van der Waals surface area (Å²) in [6.45, 7) is 13.3. The third-order valence-corrected chi connectivity index (χ3v) is 6.93. The number of rotatable bonds is 20. The molecule has 4 nitrogen and oxygen atoms in total. The number of ether oxygens (including phenoxy) is 1.